The van der Waals surface area contributed by atoms with E-state index in [0.29, 0.717) is 43.5 Å². The van der Waals surface area contributed by atoms with Gasteiger partial charge in [-0.15, -0.1) is 0 Å². The maximum absolute atomic E-state index is 12.4. The number of carbonyl (C=O) groups is 3. The molecule has 0 spiro atoms. The van der Waals surface area contributed by atoms with E-state index in [2.05, 4.69) is 0 Å². The zero-order valence-electron chi connectivity index (χ0n) is 18.3. The lowest BCUT2D eigenvalue weighted by Gasteiger charge is -2.31. The van der Waals surface area contributed by atoms with Crippen molar-refractivity contribution in [2.75, 3.05) is 72.5 Å². The number of benzene rings is 1. The minimum Gasteiger partial charge on any atom is -0.493 e. The van der Waals surface area contributed by atoms with Crippen molar-refractivity contribution >= 4 is 23.5 Å². The molecule has 1 fully saturated rings. The number of esters is 2. The molecule has 0 unspecified atom stereocenters. The Kier molecular flexibility index (Phi) is 7.90. The van der Waals surface area contributed by atoms with Crippen LogP contribution >= 0.6 is 0 Å². The van der Waals surface area contributed by atoms with Crippen LogP contribution in [0.1, 0.15) is 0 Å². The molecule has 174 valence electrons. The number of hydrogen-bond donors (Lipinski definition) is 0. The number of carbonyl (C=O) groups excluding carboxylic acids is 3. The predicted molar refractivity (Wildman–Crippen MR) is 110 cm³/mol. The van der Waals surface area contributed by atoms with E-state index in [1.807, 2.05) is 0 Å². The highest BCUT2D eigenvalue weighted by molar-refractivity contribution is 6.03. The molecule has 0 aromatic heterocycles. The first kappa shape index (κ1) is 23.4. The van der Waals surface area contributed by atoms with Crippen LogP contribution in [0.2, 0.25) is 0 Å². The van der Waals surface area contributed by atoms with E-state index in [9.17, 15) is 14.4 Å². The summed E-state index contributed by atoms with van der Waals surface area (Å²) in [4.78, 5) is 40.1. The van der Waals surface area contributed by atoms with Crippen molar-refractivity contribution in [3.63, 3.8) is 0 Å². The zero-order chi connectivity index (χ0) is 23.1. The molecule has 1 amide bonds. The first-order chi connectivity index (χ1) is 15.5. The SMILES string of the molecule is COC(=O)C1=C(C(=O)OC)N(c2ccc(OCC(=O)N3CCOCC3)c(OC)c2)COC1. The van der Waals surface area contributed by atoms with Gasteiger partial charge in [0.05, 0.1) is 46.7 Å². The molecule has 1 saturated heterocycles. The van der Waals surface area contributed by atoms with E-state index in [1.54, 1.807) is 23.1 Å². The van der Waals surface area contributed by atoms with Gasteiger partial charge in [0.1, 0.15) is 12.4 Å². The standard InChI is InChI=1S/C21H26N2O9/c1-27-17-10-14(4-5-16(17)32-12-18(24)22-6-8-30-9-7-22)23-13-31-11-15(20(25)28-2)19(23)21(26)29-3/h4-5,10H,6-9,11-13H2,1-3H3. The molecule has 0 saturated carbocycles. The molecule has 0 radical (unpaired) electrons. The van der Waals surface area contributed by atoms with Crippen LogP contribution in [0, 0.1) is 0 Å². The van der Waals surface area contributed by atoms with Crippen LogP contribution in [0.4, 0.5) is 5.69 Å². The minimum absolute atomic E-state index is 0.00377. The molecule has 0 N–H and O–H groups in total. The van der Waals surface area contributed by atoms with Crippen LogP contribution < -0.4 is 14.4 Å². The van der Waals surface area contributed by atoms with Gasteiger partial charge in [0, 0.05) is 24.8 Å². The first-order valence-electron chi connectivity index (χ1n) is 9.91. The molecule has 0 atom stereocenters. The van der Waals surface area contributed by atoms with Gasteiger partial charge in [-0.3, -0.25) is 4.79 Å². The number of rotatable bonds is 7. The Morgan fingerprint density at radius 3 is 2.34 bits per heavy atom. The predicted octanol–water partition coefficient (Wildman–Crippen LogP) is 0.327. The van der Waals surface area contributed by atoms with Crippen molar-refractivity contribution in [1.29, 1.82) is 0 Å². The molecule has 1 aromatic carbocycles. The van der Waals surface area contributed by atoms with E-state index in [0.717, 1.165) is 0 Å². The third-order valence-electron chi connectivity index (χ3n) is 5.01. The molecule has 11 heteroatoms. The van der Waals surface area contributed by atoms with Gasteiger partial charge in [-0.05, 0) is 12.1 Å². The maximum Gasteiger partial charge on any atom is 0.355 e. The zero-order valence-corrected chi connectivity index (χ0v) is 18.3. The lowest BCUT2D eigenvalue weighted by molar-refractivity contribution is -0.140. The molecule has 11 nitrogen and oxygen atoms in total. The van der Waals surface area contributed by atoms with Crippen molar-refractivity contribution in [3.8, 4) is 11.5 Å². The number of anilines is 1. The summed E-state index contributed by atoms with van der Waals surface area (Å²) in [7, 11) is 3.90. The van der Waals surface area contributed by atoms with E-state index >= 15 is 0 Å². The van der Waals surface area contributed by atoms with Gasteiger partial charge in [-0.2, -0.15) is 0 Å². The summed E-state index contributed by atoms with van der Waals surface area (Å²) in [6.45, 7) is 1.83. The summed E-state index contributed by atoms with van der Waals surface area (Å²) in [6, 6.07) is 4.88. The van der Waals surface area contributed by atoms with Gasteiger partial charge < -0.3 is 38.2 Å². The van der Waals surface area contributed by atoms with E-state index in [-0.39, 0.29) is 37.1 Å². The van der Waals surface area contributed by atoms with E-state index < -0.39 is 11.9 Å². The van der Waals surface area contributed by atoms with Gasteiger partial charge in [0.15, 0.2) is 18.1 Å². The Balaban J connectivity index is 1.82. The van der Waals surface area contributed by atoms with E-state index in [4.69, 9.17) is 28.4 Å². The fourth-order valence-electron chi connectivity index (χ4n) is 3.33. The van der Waals surface area contributed by atoms with E-state index in [1.165, 1.54) is 26.2 Å². The number of hydrogen-bond acceptors (Lipinski definition) is 10. The fraction of sp³-hybridized carbons (Fsp3) is 0.476. The second-order valence-corrected chi connectivity index (χ2v) is 6.83. The van der Waals surface area contributed by atoms with Crippen molar-refractivity contribution < 1.29 is 42.8 Å². The summed E-state index contributed by atoms with van der Waals surface area (Å²) in [5.41, 5.74) is 0.556. The summed E-state index contributed by atoms with van der Waals surface area (Å²) in [5, 5.41) is 0. The summed E-state index contributed by atoms with van der Waals surface area (Å²) in [5.74, 6) is -0.852. The molecular weight excluding hydrogens is 424 g/mol. The van der Waals surface area contributed by atoms with Crippen molar-refractivity contribution in [2.45, 2.75) is 0 Å². The molecule has 2 aliphatic rings. The quantitative estimate of drug-likeness (QED) is 0.539. The van der Waals surface area contributed by atoms with Crippen LogP contribution in [0.25, 0.3) is 0 Å². The van der Waals surface area contributed by atoms with Crippen LogP contribution in [0.5, 0.6) is 11.5 Å². The Morgan fingerprint density at radius 2 is 1.69 bits per heavy atom. The van der Waals surface area contributed by atoms with Crippen LogP contribution in [-0.2, 0) is 33.3 Å². The molecule has 32 heavy (non-hydrogen) atoms. The molecule has 3 rings (SSSR count). The lowest BCUT2D eigenvalue weighted by Crippen LogP contribution is -2.43. The Hall–Kier alpha value is -3.31. The third kappa shape index (κ3) is 5.11. The number of morpholine rings is 1. The molecule has 0 aliphatic carbocycles. The van der Waals surface area contributed by atoms with Crippen LogP contribution in [0.3, 0.4) is 0 Å². The average molecular weight is 450 g/mol. The second kappa shape index (κ2) is 10.8. The highest BCUT2D eigenvalue weighted by atomic mass is 16.5. The lowest BCUT2D eigenvalue weighted by atomic mass is 10.1. The fourth-order valence-corrected chi connectivity index (χ4v) is 3.33. The van der Waals surface area contributed by atoms with Gasteiger partial charge in [0.2, 0.25) is 0 Å². The first-order valence-corrected chi connectivity index (χ1v) is 9.91. The number of nitrogens with zero attached hydrogens (tertiary/aromatic N) is 2. The minimum atomic E-state index is -0.705. The number of ether oxygens (including phenoxy) is 6. The van der Waals surface area contributed by atoms with Gasteiger partial charge in [0.25, 0.3) is 5.91 Å². The van der Waals surface area contributed by atoms with Gasteiger partial charge in [-0.25, -0.2) is 9.59 Å². The largest absolute Gasteiger partial charge is 0.493 e. The third-order valence-corrected chi connectivity index (χ3v) is 5.01. The summed E-state index contributed by atoms with van der Waals surface area (Å²) in [6.07, 6.45) is 0. The Morgan fingerprint density at radius 1 is 0.969 bits per heavy atom. The van der Waals surface area contributed by atoms with Crippen LogP contribution in [0.15, 0.2) is 29.5 Å². The summed E-state index contributed by atoms with van der Waals surface area (Å²) >= 11 is 0. The monoisotopic (exact) mass is 450 g/mol. The maximum atomic E-state index is 12.4. The van der Waals surface area contributed by atoms with Crippen LogP contribution in [-0.4, -0.2) is 90.3 Å². The number of amides is 1. The Bertz CT molecular complexity index is 893. The highest BCUT2D eigenvalue weighted by Crippen LogP contribution is 2.35. The normalized spacial score (nSPS) is 16.5. The second-order valence-electron chi connectivity index (χ2n) is 6.83. The molecule has 2 aliphatic heterocycles. The summed E-state index contributed by atoms with van der Waals surface area (Å²) < 4.78 is 31.4. The highest BCUT2D eigenvalue weighted by Gasteiger charge is 2.32. The van der Waals surface area contributed by atoms with Crippen molar-refractivity contribution in [3.05, 3.63) is 29.5 Å². The van der Waals surface area contributed by atoms with Crippen molar-refractivity contribution in [1.82, 2.24) is 4.90 Å². The topological polar surface area (TPSA) is 113 Å². The van der Waals surface area contributed by atoms with Crippen molar-refractivity contribution in [2.24, 2.45) is 0 Å². The smallest absolute Gasteiger partial charge is 0.355 e. The average Bonchev–Trinajstić information content (AvgIpc) is 2.86. The number of methoxy groups -OCH3 is 3. The molecule has 0 bridgehead atoms. The molecule has 2 heterocycles. The van der Waals surface area contributed by atoms with Gasteiger partial charge in [-0.1, -0.05) is 0 Å². The Labute approximate surface area is 185 Å². The molecule has 1 aromatic rings. The molecular formula is C21H26N2O9. The van der Waals surface area contributed by atoms with Gasteiger partial charge >= 0.3 is 11.9 Å².